The monoisotopic (exact) mass is 140 g/mol. The number of rotatable bonds is 0. The van der Waals surface area contributed by atoms with E-state index in [1.165, 1.54) is 5.01 Å². The van der Waals surface area contributed by atoms with Gasteiger partial charge in [0.15, 0.2) is 0 Å². The molecule has 1 heterocycles. The molecule has 0 bridgehead atoms. The van der Waals surface area contributed by atoms with Gasteiger partial charge in [0, 0.05) is 12.1 Å². The zero-order valence-corrected chi connectivity index (χ0v) is 6.26. The first kappa shape index (κ1) is 7.05. The first-order chi connectivity index (χ1) is 4.61. The lowest BCUT2D eigenvalue weighted by molar-refractivity contribution is 0.378. The van der Waals surface area contributed by atoms with Gasteiger partial charge in [-0.05, 0) is 13.8 Å². The van der Waals surface area contributed by atoms with Gasteiger partial charge in [-0.2, -0.15) is 5.10 Å². The third-order valence-corrected chi connectivity index (χ3v) is 1.53. The smallest absolute Gasteiger partial charge is 0.209 e. The van der Waals surface area contributed by atoms with E-state index < -0.39 is 0 Å². The molecule has 1 aliphatic heterocycles. The number of hydrogen-bond donors (Lipinski definition) is 2. The molecule has 10 heavy (non-hydrogen) atoms. The van der Waals surface area contributed by atoms with Crippen LogP contribution in [0.25, 0.3) is 0 Å². The van der Waals surface area contributed by atoms with Crippen LogP contribution in [-0.2, 0) is 0 Å². The molecular weight excluding hydrogens is 128 g/mol. The van der Waals surface area contributed by atoms with Crippen molar-refractivity contribution >= 4 is 11.7 Å². The minimum Gasteiger partial charge on any atom is -0.369 e. The van der Waals surface area contributed by atoms with Gasteiger partial charge in [0.2, 0.25) is 5.96 Å². The first-order valence-corrected chi connectivity index (χ1v) is 3.28. The van der Waals surface area contributed by atoms with E-state index in [0.717, 1.165) is 12.1 Å². The second kappa shape index (κ2) is 2.28. The zero-order valence-electron chi connectivity index (χ0n) is 6.26. The molecule has 1 atom stereocenters. The number of hydrogen-bond acceptors (Lipinski definition) is 2. The molecule has 0 saturated heterocycles. The average Bonchev–Trinajstić information content (AvgIpc) is 2.10. The highest BCUT2D eigenvalue weighted by Gasteiger charge is 2.21. The van der Waals surface area contributed by atoms with E-state index in [2.05, 4.69) is 5.10 Å². The number of guanidine groups is 1. The molecule has 0 amide bonds. The summed E-state index contributed by atoms with van der Waals surface area (Å²) in [4.78, 5) is 0. The Balaban J connectivity index is 2.69. The molecule has 4 heteroatoms. The van der Waals surface area contributed by atoms with Crippen molar-refractivity contribution in [2.45, 2.75) is 26.3 Å². The van der Waals surface area contributed by atoms with Crippen molar-refractivity contribution in [1.82, 2.24) is 5.01 Å². The summed E-state index contributed by atoms with van der Waals surface area (Å²) in [5, 5.41) is 12.7. The van der Waals surface area contributed by atoms with Gasteiger partial charge in [-0.25, -0.2) is 5.01 Å². The lowest BCUT2D eigenvalue weighted by atomic mass is 10.2. The fourth-order valence-electron chi connectivity index (χ4n) is 1.13. The minimum atomic E-state index is 0.0318. The molecule has 0 aromatic heterocycles. The first-order valence-electron chi connectivity index (χ1n) is 3.28. The van der Waals surface area contributed by atoms with Gasteiger partial charge in [0.05, 0.1) is 6.04 Å². The summed E-state index contributed by atoms with van der Waals surface area (Å²) < 4.78 is 0. The molecule has 0 spiro atoms. The van der Waals surface area contributed by atoms with Gasteiger partial charge < -0.3 is 5.73 Å². The van der Waals surface area contributed by atoms with Gasteiger partial charge in [-0.15, -0.1) is 0 Å². The highest BCUT2D eigenvalue weighted by Crippen LogP contribution is 2.12. The van der Waals surface area contributed by atoms with Crippen molar-refractivity contribution in [2.24, 2.45) is 10.8 Å². The molecule has 0 fully saturated rings. The van der Waals surface area contributed by atoms with Crippen molar-refractivity contribution < 1.29 is 0 Å². The van der Waals surface area contributed by atoms with E-state index in [1.54, 1.807) is 0 Å². The van der Waals surface area contributed by atoms with Crippen LogP contribution >= 0.6 is 0 Å². The summed E-state index contributed by atoms with van der Waals surface area (Å²) in [5.74, 6) is 0.0318. The fourth-order valence-corrected chi connectivity index (χ4v) is 1.13. The maximum absolute atomic E-state index is 7.11. The van der Waals surface area contributed by atoms with Crippen molar-refractivity contribution in [2.75, 3.05) is 0 Å². The normalized spacial score (nSPS) is 24.8. The van der Waals surface area contributed by atoms with Crippen LogP contribution in [-0.4, -0.2) is 22.7 Å². The molecule has 0 radical (unpaired) electrons. The molecule has 1 unspecified atom stereocenters. The molecule has 3 N–H and O–H groups in total. The lowest BCUT2D eigenvalue weighted by Gasteiger charge is -2.16. The Labute approximate surface area is 60.2 Å². The average molecular weight is 140 g/mol. The minimum absolute atomic E-state index is 0.0318. The van der Waals surface area contributed by atoms with Crippen molar-refractivity contribution in [1.29, 1.82) is 5.41 Å². The second-order valence-corrected chi connectivity index (χ2v) is 2.62. The third-order valence-electron chi connectivity index (χ3n) is 1.53. The Kier molecular flexibility index (Phi) is 1.61. The summed E-state index contributed by atoms with van der Waals surface area (Å²) in [6.07, 6.45) is 0.916. The molecule has 4 nitrogen and oxygen atoms in total. The molecule has 1 aliphatic rings. The standard InChI is InChI=1S/C6H12N4/c1-4-3-5(2)10(9-4)6(7)8/h5H,3H2,1-2H3,(H3,7,8). The molecule has 0 aromatic carbocycles. The highest BCUT2D eigenvalue weighted by molar-refractivity contribution is 5.87. The molecular formula is C6H12N4. The van der Waals surface area contributed by atoms with E-state index in [9.17, 15) is 0 Å². The number of nitrogens with one attached hydrogen (secondary N) is 1. The van der Waals surface area contributed by atoms with Crippen LogP contribution in [0, 0.1) is 5.41 Å². The topological polar surface area (TPSA) is 65.5 Å². The summed E-state index contributed by atoms with van der Waals surface area (Å²) >= 11 is 0. The van der Waals surface area contributed by atoms with E-state index in [-0.39, 0.29) is 12.0 Å². The number of nitrogens with zero attached hydrogens (tertiary/aromatic N) is 2. The van der Waals surface area contributed by atoms with E-state index in [1.807, 2.05) is 13.8 Å². The fraction of sp³-hybridized carbons (Fsp3) is 0.667. The Morgan fingerprint density at radius 1 is 1.90 bits per heavy atom. The summed E-state index contributed by atoms with van der Waals surface area (Å²) in [6.45, 7) is 3.95. The van der Waals surface area contributed by atoms with Gasteiger partial charge in [-0.3, -0.25) is 5.41 Å². The summed E-state index contributed by atoms with van der Waals surface area (Å²) in [5.41, 5.74) is 6.30. The van der Waals surface area contributed by atoms with Crippen LogP contribution in [0.4, 0.5) is 0 Å². The quantitative estimate of drug-likeness (QED) is 0.376. The third kappa shape index (κ3) is 1.10. The van der Waals surface area contributed by atoms with Crippen LogP contribution < -0.4 is 5.73 Å². The zero-order chi connectivity index (χ0) is 7.72. The molecule has 0 aromatic rings. The number of hydrazone groups is 1. The van der Waals surface area contributed by atoms with Crippen molar-refractivity contribution in [3.8, 4) is 0 Å². The largest absolute Gasteiger partial charge is 0.369 e. The maximum Gasteiger partial charge on any atom is 0.209 e. The van der Waals surface area contributed by atoms with Gasteiger partial charge in [0.25, 0.3) is 0 Å². The lowest BCUT2D eigenvalue weighted by Crippen LogP contribution is -2.35. The summed E-state index contributed by atoms with van der Waals surface area (Å²) in [7, 11) is 0. The van der Waals surface area contributed by atoms with E-state index in [4.69, 9.17) is 11.1 Å². The Morgan fingerprint density at radius 2 is 2.50 bits per heavy atom. The van der Waals surface area contributed by atoms with E-state index >= 15 is 0 Å². The van der Waals surface area contributed by atoms with Crippen LogP contribution in [0.1, 0.15) is 20.3 Å². The summed E-state index contributed by atoms with van der Waals surface area (Å²) in [6, 6.07) is 0.262. The van der Waals surface area contributed by atoms with Gasteiger partial charge in [0.1, 0.15) is 0 Å². The molecule has 0 saturated carbocycles. The van der Waals surface area contributed by atoms with E-state index in [0.29, 0.717) is 0 Å². The van der Waals surface area contributed by atoms with Crippen LogP contribution in [0.15, 0.2) is 5.10 Å². The Bertz CT molecular complexity index is 184. The van der Waals surface area contributed by atoms with Crippen LogP contribution in [0.3, 0.4) is 0 Å². The molecule has 0 aliphatic carbocycles. The molecule has 56 valence electrons. The Hall–Kier alpha value is -1.06. The van der Waals surface area contributed by atoms with Gasteiger partial charge in [-0.1, -0.05) is 0 Å². The van der Waals surface area contributed by atoms with Gasteiger partial charge >= 0.3 is 0 Å². The van der Waals surface area contributed by atoms with Crippen molar-refractivity contribution in [3.63, 3.8) is 0 Å². The SMILES string of the molecule is CC1=NN(C(=N)N)C(C)C1. The van der Waals surface area contributed by atoms with Crippen LogP contribution in [0.2, 0.25) is 0 Å². The predicted molar refractivity (Wildman–Crippen MR) is 40.9 cm³/mol. The molecule has 1 rings (SSSR count). The maximum atomic E-state index is 7.11. The predicted octanol–water partition coefficient (Wildman–Crippen LogP) is 0.350. The number of nitrogens with two attached hydrogens (primary N) is 1. The highest BCUT2D eigenvalue weighted by atomic mass is 15.5. The van der Waals surface area contributed by atoms with Crippen molar-refractivity contribution in [3.05, 3.63) is 0 Å². The van der Waals surface area contributed by atoms with Crippen LogP contribution in [0.5, 0.6) is 0 Å². The second-order valence-electron chi connectivity index (χ2n) is 2.62. The Morgan fingerprint density at radius 3 is 2.70 bits per heavy atom.